The van der Waals surface area contributed by atoms with Crippen molar-refractivity contribution in [3.63, 3.8) is 0 Å². The Balaban J connectivity index is 2.38. The Morgan fingerprint density at radius 1 is 1.10 bits per heavy atom. The van der Waals surface area contributed by atoms with E-state index in [4.69, 9.17) is 4.42 Å². The molecular formula is C20H27N3O7S. The molecule has 0 unspecified atom stereocenters. The Kier molecular flexibility index (Phi) is 6.81. The molecule has 1 aromatic heterocycles. The number of hydrogen-bond donors (Lipinski definition) is 4. The number of nitrogens with one attached hydrogen (secondary N) is 2. The van der Waals surface area contributed by atoms with Crippen molar-refractivity contribution in [2.75, 3.05) is 5.32 Å². The van der Waals surface area contributed by atoms with Crippen molar-refractivity contribution in [3.05, 3.63) is 40.8 Å². The second-order valence-electron chi connectivity index (χ2n) is 8.26. The average molecular weight is 454 g/mol. The maximum absolute atomic E-state index is 12.5. The molecule has 31 heavy (non-hydrogen) atoms. The molecule has 2 amide bonds. The lowest BCUT2D eigenvalue weighted by molar-refractivity contribution is 0.0695. The first-order chi connectivity index (χ1) is 14.1. The quantitative estimate of drug-likeness (QED) is 0.496. The lowest BCUT2D eigenvalue weighted by atomic mass is 9.90. The topological polar surface area (TPSA) is 159 Å². The van der Waals surface area contributed by atoms with E-state index in [-0.39, 0.29) is 23.1 Å². The van der Waals surface area contributed by atoms with E-state index in [1.807, 2.05) is 32.4 Å². The van der Waals surface area contributed by atoms with E-state index in [0.29, 0.717) is 16.8 Å². The molecule has 0 aliphatic rings. The van der Waals surface area contributed by atoms with Gasteiger partial charge in [0.05, 0.1) is 5.56 Å². The zero-order valence-corrected chi connectivity index (χ0v) is 19.0. The zero-order valence-electron chi connectivity index (χ0n) is 18.2. The zero-order chi connectivity index (χ0) is 23.7. The maximum atomic E-state index is 12.5. The van der Waals surface area contributed by atoms with E-state index < -0.39 is 32.8 Å². The molecule has 0 spiro atoms. The first-order valence-corrected chi connectivity index (χ1v) is 11.0. The van der Waals surface area contributed by atoms with Crippen molar-refractivity contribution in [3.8, 4) is 0 Å². The van der Waals surface area contributed by atoms with E-state index >= 15 is 0 Å². The van der Waals surface area contributed by atoms with Gasteiger partial charge in [0.15, 0.2) is 0 Å². The molecule has 0 fully saturated rings. The third kappa shape index (κ3) is 5.61. The van der Waals surface area contributed by atoms with Crippen molar-refractivity contribution >= 4 is 27.7 Å². The summed E-state index contributed by atoms with van der Waals surface area (Å²) in [6.07, 6.45) is 0.991. The summed E-state index contributed by atoms with van der Waals surface area (Å²) in [5, 5.41) is 21.1. The van der Waals surface area contributed by atoms with Gasteiger partial charge in [-0.25, -0.2) is 14.3 Å². The normalized spacial score (nSPS) is 12.3. The van der Waals surface area contributed by atoms with Gasteiger partial charge in [-0.15, -0.1) is 0 Å². The molecule has 1 aromatic carbocycles. The molecule has 0 radical (unpaired) electrons. The molecule has 0 saturated heterocycles. The van der Waals surface area contributed by atoms with E-state index in [0.717, 1.165) is 6.26 Å². The minimum Gasteiger partial charge on any atom is -0.478 e. The molecule has 11 heteroatoms. The molecule has 10 nitrogen and oxygen atoms in total. The molecule has 1 heterocycles. The number of nitrogens with zero attached hydrogens (tertiary/aromatic N) is 1. The van der Waals surface area contributed by atoms with Crippen LogP contribution in [0.1, 0.15) is 80.6 Å². The Morgan fingerprint density at radius 2 is 1.61 bits per heavy atom. The fourth-order valence-corrected chi connectivity index (χ4v) is 3.61. The van der Waals surface area contributed by atoms with Crippen LogP contribution >= 0.6 is 0 Å². The van der Waals surface area contributed by atoms with Gasteiger partial charge >= 0.3 is 27.2 Å². The number of carbonyl (C=O) groups is 2. The Bertz CT molecular complexity index is 1070. The number of urea groups is 1. The van der Waals surface area contributed by atoms with Crippen LogP contribution in [0.2, 0.25) is 0 Å². The minimum absolute atomic E-state index is 0.0123. The number of oxazole rings is 1. The molecule has 2 aromatic rings. The predicted octanol–water partition coefficient (Wildman–Crippen LogP) is 3.36. The molecule has 0 bridgehead atoms. The fraction of sp³-hybridized carbons (Fsp3) is 0.450. The number of benzene rings is 1. The maximum Gasteiger partial charge on any atom is 0.336 e. The summed E-state index contributed by atoms with van der Waals surface area (Å²) in [7, 11) is -4.45. The molecule has 4 N–H and O–H groups in total. The Morgan fingerprint density at radius 3 is 2.00 bits per heavy atom. The molecular weight excluding hydrogens is 426 g/mol. The average Bonchev–Trinajstić information content (AvgIpc) is 3.12. The van der Waals surface area contributed by atoms with Crippen LogP contribution in [0.5, 0.6) is 0 Å². The highest BCUT2D eigenvalue weighted by molar-refractivity contribution is 7.89. The third-order valence-electron chi connectivity index (χ3n) is 4.50. The third-order valence-corrected chi connectivity index (χ3v) is 5.60. The number of carbonyl (C=O) groups excluding carboxylic acids is 1. The summed E-state index contributed by atoms with van der Waals surface area (Å²) in [4.78, 5) is 27.7. The van der Waals surface area contributed by atoms with Crippen LogP contribution in [0.3, 0.4) is 0 Å². The van der Waals surface area contributed by atoms with E-state index in [9.17, 15) is 28.2 Å². The van der Waals surface area contributed by atoms with Gasteiger partial charge in [-0.2, -0.15) is 13.4 Å². The standard InChI is InChI=1S/C20H27N3O7S/c1-10(2)13-7-12(17(24)25)8-14(11(3)4)16(13)22-18(26)23-31(28,29)19-21-15(9-30-19)20(5,6)27/h7-11,27H,1-6H3,(H,24,25)(H2,22,23,26). The van der Waals surface area contributed by atoms with Crippen LogP contribution in [0.4, 0.5) is 10.5 Å². The Hall–Kier alpha value is -2.92. The van der Waals surface area contributed by atoms with Crippen LogP contribution in [0.25, 0.3) is 0 Å². The monoisotopic (exact) mass is 453 g/mol. The van der Waals surface area contributed by atoms with Crippen molar-refractivity contribution in [2.45, 2.75) is 64.2 Å². The summed E-state index contributed by atoms with van der Waals surface area (Å²) in [6, 6.07) is 1.84. The van der Waals surface area contributed by atoms with Crippen molar-refractivity contribution in [1.82, 2.24) is 9.71 Å². The summed E-state index contributed by atoms with van der Waals surface area (Å²) < 4.78 is 31.7. The molecule has 0 atom stereocenters. The largest absolute Gasteiger partial charge is 0.478 e. The fourth-order valence-electron chi connectivity index (χ4n) is 2.83. The number of carboxylic acid groups (broad SMARTS) is 1. The minimum atomic E-state index is -4.45. The first kappa shape index (κ1) is 24.4. The number of anilines is 1. The van der Waals surface area contributed by atoms with Crippen LogP contribution in [0.15, 0.2) is 28.0 Å². The van der Waals surface area contributed by atoms with Crippen LogP contribution in [0, 0.1) is 0 Å². The first-order valence-electron chi connectivity index (χ1n) is 9.56. The van der Waals surface area contributed by atoms with Crippen molar-refractivity contribution in [2.24, 2.45) is 0 Å². The number of aromatic nitrogens is 1. The number of aromatic carboxylic acids is 1. The molecule has 170 valence electrons. The van der Waals surface area contributed by atoms with Crippen molar-refractivity contribution in [1.29, 1.82) is 0 Å². The molecule has 0 aliphatic heterocycles. The van der Waals surface area contributed by atoms with E-state index in [2.05, 4.69) is 10.3 Å². The van der Waals surface area contributed by atoms with Gasteiger partial charge in [-0.1, -0.05) is 27.7 Å². The second-order valence-corrected chi connectivity index (χ2v) is 9.82. The number of amides is 2. The van der Waals surface area contributed by atoms with Gasteiger partial charge in [0.25, 0.3) is 0 Å². The summed E-state index contributed by atoms with van der Waals surface area (Å²) in [5.74, 6) is -1.40. The summed E-state index contributed by atoms with van der Waals surface area (Å²) in [6.45, 7) is 10.1. The summed E-state index contributed by atoms with van der Waals surface area (Å²) >= 11 is 0. The number of carboxylic acids is 1. The Labute approximate surface area is 180 Å². The smallest absolute Gasteiger partial charge is 0.336 e. The molecule has 0 saturated carbocycles. The lowest BCUT2D eigenvalue weighted by Gasteiger charge is -2.21. The van der Waals surface area contributed by atoms with Crippen LogP contribution in [-0.2, 0) is 15.6 Å². The number of sulfonamides is 1. The highest BCUT2D eigenvalue weighted by Crippen LogP contribution is 2.34. The van der Waals surface area contributed by atoms with Gasteiger partial charge in [0.1, 0.15) is 17.6 Å². The second kappa shape index (κ2) is 8.67. The number of rotatable bonds is 7. The predicted molar refractivity (Wildman–Crippen MR) is 113 cm³/mol. The molecule has 0 aliphatic carbocycles. The van der Waals surface area contributed by atoms with Gasteiger partial charge < -0.3 is 19.9 Å². The van der Waals surface area contributed by atoms with Gasteiger partial charge in [-0.05, 0) is 48.9 Å². The van der Waals surface area contributed by atoms with Gasteiger partial charge in [0, 0.05) is 5.69 Å². The highest BCUT2D eigenvalue weighted by Gasteiger charge is 2.29. The highest BCUT2D eigenvalue weighted by atomic mass is 32.2. The van der Waals surface area contributed by atoms with Crippen LogP contribution in [-0.4, -0.2) is 35.6 Å². The number of hydrogen-bond acceptors (Lipinski definition) is 7. The van der Waals surface area contributed by atoms with Crippen LogP contribution < -0.4 is 10.0 Å². The van der Waals surface area contributed by atoms with E-state index in [1.165, 1.54) is 26.0 Å². The molecule has 2 rings (SSSR count). The van der Waals surface area contributed by atoms with Gasteiger partial charge in [0.2, 0.25) is 0 Å². The lowest BCUT2D eigenvalue weighted by Crippen LogP contribution is -2.35. The van der Waals surface area contributed by atoms with Crippen molar-refractivity contribution < 1.29 is 32.6 Å². The SMILES string of the molecule is CC(C)c1cc(C(=O)O)cc(C(C)C)c1NC(=O)NS(=O)(=O)c1nc(C(C)(C)O)co1. The summed E-state index contributed by atoms with van der Waals surface area (Å²) in [5.41, 5.74) is 0.0797. The van der Waals surface area contributed by atoms with E-state index in [1.54, 1.807) is 0 Å². The number of aliphatic hydroxyl groups is 1. The van der Waals surface area contributed by atoms with Gasteiger partial charge in [-0.3, -0.25) is 0 Å².